The van der Waals surface area contributed by atoms with Crippen LogP contribution in [-0.2, 0) is 33.6 Å². The molecule has 0 spiro atoms. The Balaban J connectivity index is 4.93. The highest BCUT2D eigenvalue weighted by Crippen LogP contribution is 1.99. The number of carbonyl (C=O) groups excluding carboxylic acids is 7. The monoisotopic (exact) mass is 602 g/mol. The van der Waals surface area contributed by atoms with E-state index in [2.05, 4.69) is 37.2 Å². The van der Waals surface area contributed by atoms with Crippen molar-refractivity contribution in [3.8, 4) is 0 Å². The molecule has 0 aliphatic heterocycles. The van der Waals surface area contributed by atoms with E-state index in [1.807, 2.05) is 6.92 Å². The van der Waals surface area contributed by atoms with E-state index < -0.39 is 53.9 Å². The normalized spacial score (nSPS) is 14.1. The molecule has 0 heterocycles. The van der Waals surface area contributed by atoms with Crippen molar-refractivity contribution in [3.05, 3.63) is 0 Å². The summed E-state index contributed by atoms with van der Waals surface area (Å²) in [4.78, 5) is 84.1. The van der Waals surface area contributed by atoms with E-state index in [-0.39, 0.29) is 63.8 Å². The maximum Gasteiger partial charge on any atom is 0.269 e. The largest absolute Gasteiger partial charge is 0.365 e. The van der Waals surface area contributed by atoms with Crippen LogP contribution in [0.15, 0.2) is 0 Å². The van der Waals surface area contributed by atoms with Gasteiger partial charge in [-0.1, -0.05) is 0 Å². The molecule has 0 rings (SSSR count). The summed E-state index contributed by atoms with van der Waals surface area (Å²) in [6, 6.07) is -3.60. The lowest BCUT2D eigenvalue weighted by Crippen LogP contribution is -2.58. The fourth-order valence-corrected chi connectivity index (χ4v) is 3.46. The first-order valence-electron chi connectivity index (χ1n) is 13.6. The summed E-state index contributed by atoms with van der Waals surface area (Å²) >= 11 is 0. The Bertz CT molecular complexity index is 906. The van der Waals surface area contributed by atoms with Crippen LogP contribution in [-0.4, -0.2) is 110 Å². The Morgan fingerprint density at radius 3 is 1.81 bits per heavy atom. The highest BCUT2D eigenvalue weighted by atomic mass is 16.3. The molecule has 0 aromatic rings. The number of nitrogens with two attached hydrogens (primary N) is 3. The van der Waals surface area contributed by atoms with E-state index in [0.29, 0.717) is 19.4 Å². The van der Waals surface area contributed by atoms with Crippen LogP contribution in [0.1, 0.15) is 46.0 Å². The molecule has 0 radical (unpaired) electrons. The number of hydrogen-bond donors (Lipinski definition) is 11. The molecule has 0 aliphatic rings. The van der Waals surface area contributed by atoms with Crippen LogP contribution >= 0.6 is 0 Å². The average Bonchev–Trinajstić information content (AvgIpc) is 2.93. The quantitative estimate of drug-likeness (QED) is 0.0315. The Morgan fingerprint density at radius 1 is 0.714 bits per heavy atom. The molecule has 42 heavy (non-hydrogen) atoms. The molecule has 0 saturated carbocycles. The third-order valence-electron chi connectivity index (χ3n) is 5.71. The van der Waals surface area contributed by atoms with Crippen molar-refractivity contribution in [2.75, 3.05) is 32.7 Å². The number of nitrogens with one attached hydrogen (secondary N) is 7. The highest BCUT2D eigenvalue weighted by molar-refractivity contribution is 5.95. The minimum absolute atomic E-state index is 0.0105. The van der Waals surface area contributed by atoms with Gasteiger partial charge < -0.3 is 59.5 Å². The molecule has 0 aliphatic carbocycles. The van der Waals surface area contributed by atoms with Crippen LogP contribution in [0.5, 0.6) is 0 Å². The predicted molar refractivity (Wildman–Crippen MR) is 151 cm³/mol. The summed E-state index contributed by atoms with van der Waals surface area (Å²) in [5.74, 6) is -4.20. The second kappa shape index (κ2) is 21.8. The van der Waals surface area contributed by atoms with Crippen molar-refractivity contribution < 1.29 is 38.7 Å². The Morgan fingerprint density at radius 2 is 1.26 bits per heavy atom. The van der Waals surface area contributed by atoms with E-state index in [0.717, 1.165) is 0 Å². The van der Waals surface area contributed by atoms with E-state index in [1.165, 1.54) is 6.92 Å². The minimum atomic E-state index is -1.95. The van der Waals surface area contributed by atoms with Gasteiger partial charge in [-0.3, -0.25) is 33.6 Å². The van der Waals surface area contributed by atoms with Gasteiger partial charge in [0.2, 0.25) is 42.2 Å². The SMILES string of the molecule is CC(CCN)NC(=O)CCCNC(=O)C(O)NC(=O)C(CCN)NC(=O)C(CCN)NC(=O)C(C)NC(=O)CNC=O. The molecule has 0 fully saturated rings. The highest BCUT2D eigenvalue weighted by Gasteiger charge is 2.29. The van der Waals surface area contributed by atoms with Gasteiger partial charge in [0.1, 0.15) is 18.1 Å². The molecule has 0 aromatic heterocycles. The zero-order chi connectivity index (χ0) is 32.1. The third kappa shape index (κ3) is 16.4. The van der Waals surface area contributed by atoms with Gasteiger partial charge in [0, 0.05) is 19.0 Å². The fourth-order valence-electron chi connectivity index (χ4n) is 3.46. The van der Waals surface area contributed by atoms with Gasteiger partial charge in [-0.05, 0) is 59.2 Å². The van der Waals surface area contributed by atoms with Gasteiger partial charge in [0.25, 0.3) is 5.91 Å². The van der Waals surface area contributed by atoms with Crippen LogP contribution in [0.25, 0.3) is 0 Å². The number of aliphatic hydroxyl groups is 1. The van der Waals surface area contributed by atoms with Crippen molar-refractivity contribution in [1.29, 1.82) is 0 Å². The lowest BCUT2D eigenvalue weighted by molar-refractivity contribution is -0.139. The first kappa shape index (κ1) is 38.1. The maximum atomic E-state index is 12.9. The third-order valence-corrected chi connectivity index (χ3v) is 5.71. The number of hydrogen-bond acceptors (Lipinski definition) is 11. The molecular formula is C24H46N10O8. The molecule has 5 atom stereocenters. The summed E-state index contributed by atoms with van der Waals surface area (Å²) in [6.07, 6.45) is -0.674. The lowest BCUT2D eigenvalue weighted by atomic mass is 10.1. The molecule has 7 amide bonds. The molecule has 18 nitrogen and oxygen atoms in total. The van der Waals surface area contributed by atoms with Gasteiger partial charge in [0.05, 0.1) is 6.54 Å². The van der Waals surface area contributed by atoms with Crippen molar-refractivity contribution in [1.82, 2.24) is 37.2 Å². The first-order valence-corrected chi connectivity index (χ1v) is 13.6. The predicted octanol–water partition coefficient (Wildman–Crippen LogP) is -5.91. The number of amides is 7. The molecule has 14 N–H and O–H groups in total. The Hall–Kier alpha value is -3.87. The molecule has 0 bridgehead atoms. The van der Waals surface area contributed by atoms with E-state index >= 15 is 0 Å². The number of rotatable bonds is 22. The smallest absolute Gasteiger partial charge is 0.269 e. The first-order chi connectivity index (χ1) is 19.9. The summed E-state index contributed by atoms with van der Waals surface area (Å²) in [6.45, 7) is 3.27. The number of aliphatic hydroxyl groups excluding tert-OH is 1. The van der Waals surface area contributed by atoms with Crippen LogP contribution in [0.3, 0.4) is 0 Å². The van der Waals surface area contributed by atoms with E-state index in [9.17, 15) is 38.7 Å². The standard InChI is InChI=1S/C24H46N10O8/c1-14(5-8-25)30-18(36)4-3-11-29-23(41)24(42)34-22(40)17(7-10-27)33-21(39)16(6-9-26)32-20(38)15(2)31-19(37)12-28-13-35/h13-17,24,42H,3-12,25-27H2,1-2H3,(H,28,35)(H,29,41)(H,30,36)(H,31,37)(H,32,38)(H,33,39)(H,34,40). The summed E-state index contributed by atoms with van der Waals surface area (Å²) in [5, 5.41) is 26.7. The second-order valence-corrected chi connectivity index (χ2v) is 9.42. The van der Waals surface area contributed by atoms with Gasteiger partial charge in [-0.25, -0.2) is 0 Å². The summed E-state index contributed by atoms with van der Waals surface area (Å²) < 4.78 is 0. The minimum Gasteiger partial charge on any atom is -0.365 e. The Labute approximate surface area is 244 Å². The number of carbonyl (C=O) groups is 7. The average molecular weight is 603 g/mol. The van der Waals surface area contributed by atoms with Gasteiger partial charge in [0.15, 0.2) is 0 Å². The molecule has 18 heteroatoms. The Kier molecular flexibility index (Phi) is 19.8. The van der Waals surface area contributed by atoms with Gasteiger partial charge in [-0.2, -0.15) is 0 Å². The van der Waals surface area contributed by atoms with Gasteiger partial charge >= 0.3 is 0 Å². The van der Waals surface area contributed by atoms with Crippen LogP contribution < -0.4 is 54.4 Å². The topological polar surface area (TPSA) is 302 Å². The second-order valence-electron chi connectivity index (χ2n) is 9.42. The van der Waals surface area contributed by atoms with Crippen molar-refractivity contribution in [2.24, 2.45) is 17.2 Å². The lowest BCUT2D eigenvalue weighted by Gasteiger charge is -2.24. The summed E-state index contributed by atoms with van der Waals surface area (Å²) in [7, 11) is 0. The zero-order valence-corrected chi connectivity index (χ0v) is 24.1. The van der Waals surface area contributed by atoms with Gasteiger partial charge in [-0.15, -0.1) is 0 Å². The molecule has 5 unspecified atom stereocenters. The molecule has 240 valence electrons. The van der Waals surface area contributed by atoms with E-state index in [1.54, 1.807) is 0 Å². The fraction of sp³-hybridized carbons (Fsp3) is 0.708. The van der Waals surface area contributed by atoms with Crippen molar-refractivity contribution in [3.63, 3.8) is 0 Å². The maximum absolute atomic E-state index is 12.9. The van der Waals surface area contributed by atoms with Crippen LogP contribution in [0.4, 0.5) is 0 Å². The molecule has 0 saturated heterocycles. The zero-order valence-electron chi connectivity index (χ0n) is 24.1. The van der Waals surface area contributed by atoms with Crippen molar-refractivity contribution >= 4 is 41.9 Å². The van der Waals surface area contributed by atoms with Crippen LogP contribution in [0, 0.1) is 0 Å². The van der Waals surface area contributed by atoms with E-state index in [4.69, 9.17) is 17.2 Å². The molecule has 0 aromatic carbocycles. The van der Waals surface area contributed by atoms with Crippen molar-refractivity contribution in [2.45, 2.75) is 76.3 Å². The van der Waals surface area contributed by atoms with Crippen LogP contribution in [0.2, 0.25) is 0 Å². The summed E-state index contributed by atoms with van der Waals surface area (Å²) in [5.41, 5.74) is 16.5. The molecular weight excluding hydrogens is 556 g/mol.